The molecule has 0 aliphatic heterocycles. The zero-order valence-electron chi connectivity index (χ0n) is 9.68. The molecule has 0 saturated heterocycles. The van der Waals surface area contributed by atoms with Gasteiger partial charge in [0.2, 0.25) is 0 Å². The fraction of sp³-hybridized carbons (Fsp3) is 0.154. The van der Waals surface area contributed by atoms with E-state index in [0.717, 1.165) is 10.5 Å². The van der Waals surface area contributed by atoms with Crippen molar-refractivity contribution in [2.75, 3.05) is 0 Å². The average molecular weight is 298 g/mol. The van der Waals surface area contributed by atoms with Crippen LogP contribution in [0.3, 0.4) is 0 Å². The molecular weight excluding hydrogens is 286 g/mol. The highest BCUT2D eigenvalue weighted by molar-refractivity contribution is 7.80. The predicted molar refractivity (Wildman–Crippen MR) is 78.9 cm³/mol. The lowest BCUT2D eigenvalue weighted by molar-refractivity contribution is 0.0944. The average Bonchev–Trinajstić information content (AvgIpc) is 2.76. The number of amides is 1. The molecule has 0 bridgehead atoms. The molecule has 0 fully saturated rings. The van der Waals surface area contributed by atoms with Gasteiger partial charge in [-0.25, -0.2) is 0 Å². The molecule has 1 aromatic heterocycles. The van der Waals surface area contributed by atoms with Crippen molar-refractivity contribution < 1.29 is 4.79 Å². The first-order valence-corrected chi connectivity index (χ1v) is 7.10. The Hall–Kier alpha value is -0.970. The minimum absolute atomic E-state index is 0.0553. The molecule has 1 heterocycles. The maximum atomic E-state index is 11.9. The van der Waals surface area contributed by atoms with Crippen molar-refractivity contribution in [3.8, 4) is 0 Å². The molecule has 0 spiro atoms. The number of thiophene rings is 1. The van der Waals surface area contributed by atoms with Gasteiger partial charge in [0.1, 0.15) is 0 Å². The molecular formula is C13H12ClNOS2. The maximum Gasteiger partial charge on any atom is 0.261 e. The van der Waals surface area contributed by atoms with Crippen molar-refractivity contribution in [1.82, 2.24) is 5.32 Å². The van der Waals surface area contributed by atoms with Crippen LogP contribution in [0.2, 0.25) is 5.02 Å². The summed E-state index contributed by atoms with van der Waals surface area (Å²) in [5.74, 6) is -0.0808. The first-order chi connectivity index (χ1) is 8.56. The molecule has 1 amide bonds. The Morgan fingerprint density at radius 2 is 2.06 bits per heavy atom. The Morgan fingerprint density at radius 1 is 1.39 bits per heavy atom. The lowest BCUT2D eigenvalue weighted by atomic mass is 10.1. The molecule has 2 aromatic rings. The molecule has 5 heteroatoms. The van der Waals surface area contributed by atoms with E-state index in [1.54, 1.807) is 6.07 Å². The van der Waals surface area contributed by atoms with E-state index in [-0.39, 0.29) is 11.9 Å². The molecule has 18 heavy (non-hydrogen) atoms. The summed E-state index contributed by atoms with van der Waals surface area (Å²) in [7, 11) is 0. The number of hydrogen-bond donors (Lipinski definition) is 2. The smallest absolute Gasteiger partial charge is 0.261 e. The number of rotatable bonds is 3. The van der Waals surface area contributed by atoms with Gasteiger partial charge in [0.05, 0.1) is 10.9 Å². The number of carbonyl (C=O) groups is 1. The van der Waals surface area contributed by atoms with Gasteiger partial charge in [0, 0.05) is 15.3 Å². The zero-order chi connectivity index (χ0) is 13.1. The number of thiol groups is 1. The van der Waals surface area contributed by atoms with Crippen molar-refractivity contribution in [3.63, 3.8) is 0 Å². The summed E-state index contributed by atoms with van der Waals surface area (Å²) < 4.78 is 0. The quantitative estimate of drug-likeness (QED) is 0.818. The summed E-state index contributed by atoms with van der Waals surface area (Å²) in [5, 5.41) is 5.47. The highest BCUT2D eigenvalue weighted by Gasteiger charge is 2.12. The van der Waals surface area contributed by atoms with E-state index < -0.39 is 0 Å². The second-order valence-electron chi connectivity index (χ2n) is 3.92. The van der Waals surface area contributed by atoms with Gasteiger partial charge in [0.25, 0.3) is 5.91 Å². The lowest BCUT2D eigenvalue weighted by Gasteiger charge is -2.13. The van der Waals surface area contributed by atoms with E-state index in [1.807, 2.05) is 36.6 Å². The molecule has 0 saturated carbocycles. The molecule has 94 valence electrons. The van der Waals surface area contributed by atoms with Gasteiger partial charge in [-0.3, -0.25) is 4.79 Å². The van der Waals surface area contributed by atoms with Crippen molar-refractivity contribution >= 4 is 41.5 Å². The number of carbonyl (C=O) groups excluding carboxylic acids is 1. The number of nitrogens with one attached hydrogen (secondary N) is 1. The predicted octanol–water partition coefficient (Wildman–Crippen LogP) is 4.18. The molecule has 0 aliphatic carbocycles. The molecule has 1 aromatic carbocycles. The van der Waals surface area contributed by atoms with Crippen molar-refractivity contribution in [2.45, 2.75) is 17.9 Å². The van der Waals surface area contributed by atoms with Crippen LogP contribution < -0.4 is 5.32 Å². The van der Waals surface area contributed by atoms with Gasteiger partial charge in [0.15, 0.2) is 0 Å². The molecule has 2 rings (SSSR count). The SMILES string of the molecule is CC(NC(=O)c1cc(S)cs1)c1ccc(Cl)cc1. The van der Waals surface area contributed by atoms with Crippen LogP contribution in [0.4, 0.5) is 0 Å². The second kappa shape index (κ2) is 5.78. The Kier molecular flexibility index (Phi) is 4.32. The maximum absolute atomic E-state index is 11.9. The lowest BCUT2D eigenvalue weighted by Crippen LogP contribution is -2.25. The zero-order valence-corrected chi connectivity index (χ0v) is 12.1. The fourth-order valence-corrected chi connectivity index (χ4v) is 2.73. The summed E-state index contributed by atoms with van der Waals surface area (Å²) in [6, 6.07) is 9.16. The minimum Gasteiger partial charge on any atom is -0.345 e. The van der Waals surface area contributed by atoms with Crippen molar-refractivity contribution in [3.05, 3.63) is 51.2 Å². The first kappa shape index (κ1) is 13.5. The Labute approximate surface area is 120 Å². The monoisotopic (exact) mass is 297 g/mol. The molecule has 2 nitrogen and oxygen atoms in total. The van der Waals surface area contributed by atoms with E-state index in [2.05, 4.69) is 17.9 Å². The number of hydrogen-bond acceptors (Lipinski definition) is 3. The molecule has 1 unspecified atom stereocenters. The van der Waals surface area contributed by atoms with E-state index in [1.165, 1.54) is 11.3 Å². The second-order valence-corrected chi connectivity index (χ2v) is 5.78. The Morgan fingerprint density at radius 3 is 2.61 bits per heavy atom. The topological polar surface area (TPSA) is 29.1 Å². The summed E-state index contributed by atoms with van der Waals surface area (Å²) >= 11 is 11.4. The van der Waals surface area contributed by atoms with E-state index in [0.29, 0.717) is 9.90 Å². The number of benzene rings is 1. The van der Waals surface area contributed by atoms with Crippen LogP contribution >= 0.6 is 35.6 Å². The molecule has 0 radical (unpaired) electrons. The van der Waals surface area contributed by atoms with Gasteiger partial charge < -0.3 is 5.32 Å². The van der Waals surface area contributed by atoms with Crippen LogP contribution in [0.5, 0.6) is 0 Å². The van der Waals surface area contributed by atoms with Crippen LogP contribution in [-0.2, 0) is 0 Å². The summed E-state index contributed by atoms with van der Waals surface area (Å²) in [6.45, 7) is 1.94. The van der Waals surface area contributed by atoms with Gasteiger partial charge >= 0.3 is 0 Å². The van der Waals surface area contributed by atoms with Crippen LogP contribution in [0.25, 0.3) is 0 Å². The third-order valence-corrected chi connectivity index (χ3v) is 4.14. The summed E-state index contributed by atoms with van der Waals surface area (Å²) in [4.78, 5) is 13.4. The molecule has 1 N–H and O–H groups in total. The largest absolute Gasteiger partial charge is 0.345 e. The third kappa shape index (κ3) is 3.28. The minimum atomic E-state index is -0.0808. The summed E-state index contributed by atoms with van der Waals surface area (Å²) in [6.07, 6.45) is 0. The highest BCUT2D eigenvalue weighted by atomic mass is 35.5. The molecule has 0 aliphatic rings. The first-order valence-electron chi connectivity index (χ1n) is 5.40. The van der Waals surface area contributed by atoms with E-state index >= 15 is 0 Å². The van der Waals surface area contributed by atoms with Crippen LogP contribution in [0, 0.1) is 0 Å². The van der Waals surface area contributed by atoms with Gasteiger partial charge in [-0.1, -0.05) is 23.7 Å². The van der Waals surface area contributed by atoms with Gasteiger partial charge in [-0.2, -0.15) is 0 Å². The van der Waals surface area contributed by atoms with Gasteiger partial charge in [-0.15, -0.1) is 24.0 Å². The Bertz CT molecular complexity index is 550. The van der Waals surface area contributed by atoms with Crippen molar-refractivity contribution in [1.29, 1.82) is 0 Å². The summed E-state index contributed by atoms with van der Waals surface area (Å²) in [5.41, 5.74) is 1.02. The third-order valence-electron chi connectivity index (χ3n) is 2.53. The molecule has 1 atom stereocenters. The standard InChI is InChI=1S/C13H12ClNOS2/c1-8(9-2-4-10(14)5-3-9)15-13(16)12-6-11(17)7-18-12/h2-8,17H,1H3,(H,15,16). The van der Waals surface area contributed by atoms with E-state index in [4.69, 9.17) is 11.6 Å². The fourth-order valence-electron chi connectivity index (χ4n) is 1.55. The number of halogens is 1. The van der Waals surface area contributed by atoms with Gasteiger partial charge in [-0.05, 0) is 30.7 Å². The van der Waals surface area contributed by atoms with Crippen molar-refractivity contribution in [2.24, 2.45) is 0 Å². The highest BCUT2D eigenvalue weighted by Crippen LogP contribution is 2.20. The van der Waals surface area contributed by atoms with E-state index in [9.17, 15) is 4.79 Å². The van der Waals surface area contributed by atoms with Crippen LogP contribution in [0.1, 0.15) is 28.2 Å². The van der Waals surface area contributed by atoms with Crippen LogP contribution in [-0.4, -0.2) is 5.91 Å². The Balaban J connectivity index is 2.05. The van der Waals surface area contributed by atoms with Crippen LogP contribution in [0.15, 0.2) is 40.6 Å². The normalized spacial score (nSPS) is 12.2.